The van der Waals surface area contributed by atoms with E-state index in [1.165, 1.54) is 10.5 Å². The second-order valence-electron chi connectivity index (χ2n) is 5.88. The smallest absolute Gasteiger partial charge is 0.323 e. The number of carboxylic acids is 1. The van der Waals surface area contributed by atoms with Crippen molar-refractivity contribution < 1.29 is 14.7 Å². The third-order valence-electron chi connectivity index (χ3n) is 3.54. The Morgan fingerprint density at radius 3 is 2.76 bits per heavy atom. The van der Waals surface area contributed by atoms with Gasteiger partial charge in [-0.25, -0.2) is 0 Å². The van der Waals surface area contributed by atoms with Gasteiger partial charge in [0.1, 0.15) is 6.54 Å². The van der Waals surface area contributed by atoms with Gasteiger partial charge in [-0.2, -0.15) is 0 Å². The fraction of sp³-hybridized carbons (Fsp3) is 0.500. The van der Waals surface area contributed by atoms with Crippen LogP contribution < -0.4 is 5.32 Å². The van der Waals surface area contributed by atoms with E-state index >= 15 is 0 Å². The van der Waals surface area contributed by atoms with Crippen LogP contribution in [0.3, 0.4) is 0 Å². The number of hydrogen-bond acceptors (Lipinski definition) is 3. The molecule has 0 radical (unpaired) electrons. The van der Waals surface area contributed by atoms with Crippen LogP contribution >= 0.6 is 0 Å². The lowest BCUT2D eigenvalue weighted by atomic mass is 9.98. The zero-order valence-electron chi connectivity index (χ0n) is 12.6. The lowest BCUT2D eigenvalue weighted by molar-refractivity contribution is -0.137. The lowest BCUT2D eigenvalue weighted by Crippen LogP contribution is -2.38. The normalized spacial score (nSPS) is 13.9. The van der Waals surface area contributed by atoms with Gasteiger partial charge in [0, 0.05) is 18.7 Å². The number of carboxylic acid groups (broad SMARTS) is 1. The maximum absolute atomic E-state index is 12.5. The van der Waals surface area contributed by atoms with E-state index in [1.54, 1.807) is 0 Å². The van der Waals surface area contributed by atoms with Crippen LogP contribution in [0.2, 0.25) is 0 Å². The average Bonchev–Trinajstić information content (AvgIpc) is 2.44. The van der Waals surface area contributed by atoms with E-state index in [2.05, 4.69) is 5.32 Å². The van der Waals surface area contributed by atoms with Gasteiger partial charge in [0.25, 0.3) is 5.91 Å². The molecule has 114 valence electrons. The molecule has 0 atom stereocenters. The van der Waals surface area contributed by atoms with Crippen LogP contribution in [0.5, 0.6) is 0 Å². The summed E-state index contributed by atoms with van der Waals surface area (Å²) in [7, 11) is 0. The van der Waals surface area contributed by atoms with Crippen molar-refractivity contribution in [2.24, 2.45) is 5.92 Å². The summed E-state index contributed by atoms with van der Waals surface area (Å²) >= 11 is 0. The Morgan fingerprint density at radius 2 is 2.10 bits per heavy atom. The molecule has 1 aliphatic rings. The molecule has 0 saturated heterocycles. The van der Waals surface area contributed by atoms with Crippen LogP contribution in [0, 0.1) is 5.92 Å². The summed E-state index contributed by atoms with van der Waals surface area (Å²) in [6.45, 7) is 5.85. The molecule has 0 bridgehead atoms. The number of fused-ring (bicyclic) bond motifs is 1. The average molecular weight is 290 g/mol. The molecule has 0 spiro atoms. The molecule has 0 unspecified atom stereocenters. The fourth-order valence-electron chi connectivity index (χ4n) is 2.62. The predicted octanol–water partition coefficient (Wildman–Crippen LogP) is 1.52. The zero-order chi connectivity index (χ0) is 15.4. The molecule has 0 aliphatic carbocycles. The van der Waals surface area contributed by atoms with Crippen LogP contribution in [0.15, 0.2) is 18.2 Å². The van der Waals surface area contributed by atoms with E-state index in [1.807, 2.05) is 32.0 Å². The Balaban J connectivity index is 2.21. The van der Waals surface area contributed by atoms with Gasteiger partial charge in [-0.1, -0.05) is 19.9 Å². The summed E-state index contributed by atoms with van der Waals surface area (Å²) in [6, 6.07) is 5.68. The van der Waals surface area contributed by atoms with Gasteiger partial charge in [-0.15, -0.1) is 0 Å². The number of amides is 1. The maximum atomic E-state index is 12.5. The van der Waals surface area contributed by atoms with E-state index in [0.717, 1.165) is 25.1 Å². The first-order valence-electron chi connectivity index (χ1n) is 7.31. The molecule has 1 heterocycles. The minimum absolute atomic E-state index is 0.209. The Kier molecular flexibility index (Phi) is 4.96. The molecule has 2 rings (SSSR count). The highest BCUT2D eigenvalue weighted by Gasteiger charge is 2.21. The van der Waals surface area contributed by atoms with Gasteiger partial charge in [-0.3, -0.25) is 9.59 Å². The standard InChI is InChI=1S/C16H22N2O3/c1-11(2)9-18(10-15(19)20)16(21)13-4-3-12-5-6-17-8-14(12)7-13/h3-4,7,11,17H,5-6,8-10H2,1-2H3,(H,19,20). The van der Waals surface area contributed by atoms with Gasteiger partial charge < -0.3 is 15.3 Å². The van der Waals surface area contributed by atoms with Gasteiger partial charge in [-0.05, 0) is 42.1 Å². The van der Waals surface area contributed by atoms with Crippen molar-refractivity contribution in [3.63, 3.8) is 0 Å². The van der Waals surface area contributed by atoms with E-state index in [9.17, 15) is 9.59 Å². The molecule has 1 aromatic carbocycles. The second kappa shape index (κ2) is 6.72. The van der Waals surface area contributed by atoms with Crippen LogP contribution in [0.4, 0.5) is 0 Å². The predicted molar refractivity (Wildman–Crippen MR) is 80.2 cm³/mol. The lowest BCUT2D eigenvalue weighted by Gasteiger charge is -2.24. The van der Waals surface area contributed by atoms with Crippen LogP contribution in [0.25, 0.3) is 0 Å². The molecule has 2 N–H and O–H groups in total. The zero-order valence-corrected chi connectivity index (χ0v) is 12.6. The van der Waals surface area contributed by atoms with Crippen molar-refractivity contribution in [2.75, 3.05) is 19.6 Å². The highest BCUT2D eigenvalue weighted by molar-refractivity contribution is 5.96. The topological polar surface area (TPSA) is 69.6 Å². The molecule has 1 aliphatic heterocycles. The first-order valence-corrected chi connectivity index (χ1v) is 7.31. The van der Waals surface area contributed by atoms with E-state index < -0.39 is 5.97 Å². The monoisotopic (exact) mass is 290 g/mol. The molecule has 0 aromatic heterocycles. The van der Waals surface area contributed by atoms with E-state index in [4.69, 9.17) is 5.11 Å². The summed E-state index contributed by atoms with van der Waals surface area (Å²) in [4.78, 5) is 24.9. The van der Waals surface area contributed by atoms with Gasteiger partial charge >= 0.3 is 5.97 Å². The van der Waals surface area contributed by atoms with Gasteiger partial charge in [0.05, 0.1) is 0 Å². The Morgan fingerprint density at radius 1 is 1.33 bits per heavy atom. The van der Waals surface area contributed by atoms with Crippen molar-refractivity contribution in [3.05, 3.63) is 34.9 Å². The number of benzene rings is 1. The van der Waals surface area contributed by atoms with Crippen LogP contribution in [0.1, 0.15) is 35.3 Å². The number of carbonyl (C=O) groups is 2. The summed E-state index contributed by atoms with van der Waals surface area (Å²) in [5.74, 6) is -0.962. The maximum Gasteiger partial charge on any atom is 0.323 e. The number of rotatable bonds is 5. The third-order valence-corrected chi connectivity index (χ3v) is 3.54. The first-order chi connectivity index (χ1) is 9.97. The summed E-state index contributed by atoms with van der Waals surface area (Å²) in [5, 5.41) is 12.3. The Bertz CT molecular complexity index is 540. The van der Waals surface area contributed by atoms with E-state index in [-0.39, 0.29) is 18.4 Å². The minimum atomic E-state index is -0.983. The van der Waals surface area contributed by atoms with Crippen molar-refractivity contribution in [1.29, 1.82) is 0 Å². The fourth-order valence-corrected chi connectivity index (χ4v) is 2.62. The summed E-state index contributed by atoms with van der Waals surface area (Å²) < 4.78 is 0. The summed E-state index contributed by atoms with van der Waals surface area (Å²) in [5.41, 5.74) is 2.96. The Labute approximate surface area is 125 Å². The first kappa shape index (κ1) is 15.5. The Hall–Kier alpha value is -1.88. The van der Waals surface area contributed by atoms with Gasteiger partial charge in [0.15, 0.2) is 0 Å². The number of nitrogens with one attached hydrogen (secondary N) is 1. The van der Waals surface area contributed by atoms with Crippen molar-refractivity contribution >= 4 is 11.9 Å². The SMILES string of the molecule is CC(C)CN(CC(=O)O)C(=O)c1ccc2c(c1)CNCC2. The largest absolute Gasteiger partial charge is 0.480 e. The second-order valence-corrected chi connectivity index (χ2v) is 5.88. The van der Waals surface area contributed by atoms with Crippen LogP contribution in [-0.4, -0.2) is 41.5 Å². The molecule has 0 fully saturated rings. The van der Waals surface area contributed by atoms with E-state index in [0.29, 0.717) is 12.1 Å². The highest BCUT2D eigenvalue weighted by atomic mass is 16.4. The van der Waals surface area contributed by atoms with Crippen LogP contribution in [-0.2, 0) is 17.8 Å². The molecule has 5 nitrogen and oxygen atoms in total. The molecular formula is C16H22N2O3. The third kappa shape index (κ3) is 4.04. The number of nitrogens with zero attached hydrogens (tertiary/aromatic N) is 1. The number of aliphatic carboxylic acids is 1. The minimum Gasteiger partial charge on any atom is -0.480 e. The number of carbonyl (C=O) groups excluding carboxylic acids is 1. The quantitative estimate of drug-likeness (QED) is 0.862. The highest BCUT2D eigenvalue weighted by Crippen LogP contribution is 2.17. The van der Waals surface area contributed by atoms with Crippen molar-refractivity contribution in [2.45, 2.75) is 26.8 Å². The molecule has 1 aromatic rings. The molecular weight excluding hydrogens is 268 g/mol. The van der Waals surface area contributed by atoms with Crippen molar-refractivity contribution in [1.82, 2.24) is 10.2 Å². The van der Waals surface area contributed by atoms with Gasteiger partial charge in [0.2, 0.25) is 0 Å². The molecule has 21 heavy (non-hydrogen) atoms. The van der Waals surface area contributed by atoms with Crippen molar-refractivity contribution in [3.8, 4) is 0 Å². The molecule has 0 saturated carbocycles. The summed E-state index contributed by atoms with van der Waals surface area (Å²) in [6.07, 6.45) is 0.967. The molecule has 5 heteroatoms. The molecule has 1 amide bonds. The number of hydrogen-bond donors (Lipinski definition) is 2.